The first-order valence-electron chi connectivity index (χ1n) is 31.6. The molecule has 5 aliphatic rings. The average Bonchev–Trinajstić information content (AvgIpc) is 0.775. The summed E-state index contributed by atoms with van der Waals surface area (Å²) in [5.74, 6) is 2.54. The molecule has 0 aromatic heterocycles. The molecule has 0 fully saturated rings. The lowest BCUT2D eigenvalue weighted by molar-refractivity contribution is 0.128. The molecule has 8 N–H and O–H groups in total. The summed E-state index contributed by atoms with van der Waals surface area (Å²) in [6.07, 6.45) is 5.37. The topological polar surface area (TPSA) is 188 Å². The van der Waals surface area contributed by atoms with Crippen molar-refractivity contribution in [1.29, 1.82) is 0 Å². The maximum absolute atomic E-state index is 10.5. The molecule has 0 amide bonds. The molecule has 0 aliphatic carbocycles. The first kappa shape index (κ1) is 64.0. The van der Waals surface area contributed by atoms with Crippen molar-refractivity contribution < 1.29 is 50.0 Å². The molecule has 5 heterocycles. The number of hydrogen-bond acceptors (Lipinski definition) is 13. The summed E-state index contributed by atoms with van der Waals surface area (Å²) in [6, 6.07) is 58.1. The van der Waals surface area contributed by atoms with Crippen LogP contribution in [0.3, 0.4) is 0 Å². The fourth-order valence-corrected chi connectivity index (χ4v) is 14.4. The second kappa shape index (κ2) is 28.8. The minimum Gasteiger partial charge on any atom is -0.508 e. The third kappa shape index (κ3) is 13.6. The lowest BCUT2D eigenvalue weighted by Crippen LogP contribution is -2.43. The van der Waals surface area contributed by atoms with Gasteiger partial charge < -0.3 is 55.3 Å². The van der Waals surface area contributed by atoms with Gasteiger partial charge in [-0.1, -0.05) is 133 Å². The predicted octanol–water partition coefficient (Wildman–Crippen LogP) is 12.7. The molecule has 472 valence electrons. The number of methoxy groups -OCH3 is 3. The summed E-state index contributed by atoms with van der Waals surface area (Å²) < 4.78 is 15.9. The molecule has 91 heavy (non-hydrogen) atoms. The van der Waals surface area contributed by atoms with Crippen LogP contribution in [0.1, 0.15) is 141 Å². The predicted molar refractivity (Wildman–Crippen MR) is 356 cm³/mol. The van der Waals surface area contributed by atoms with Crippen LogP contribution < -0.4 is 19.5 Å². The van der Waals surface area contributed by atoms with Gasteiger partial charge in [0.15, 0.2) is 23.0 Å². The van der Waals surface area contributed by atoms with E-state index in [4.69, 9.17) is 19.3 Å². The standard InChI is InChI=1S/2C26H27NO3.C18H21NO3.C8H10O/c2*1-16-5-3-4-6-20(16)26-22-14-25(30-2)24(29)13-19(22)12-23-21-8-7-17(15-28)11-18(21)9-10-27(23)26;20-10-13-2-4-16-14(7-13)5-6-19-17(16)8-12-1-3-15(11-21)18(22)9-12;1-7-5-3-4-6-8(7)9-2/h2*3-8,11,13-14,23,26,28-29H,9-10,12,15H2,1-2H3;1-4,7,9,17,19-22H,5-6,8,10-11H2;3-6H,1-2H3/t23-,26+;23-,26-;17-;/m000./s1. The molecule has 0 bridgehead atoms. The zero-order valence-electron chi connectivity index (χ0n) is 53.0. The molecule has 0 saturated heterocycles. The van der Waals surface area contributed by atoms with Crippen LogP contribution in [-0.2, 0) is 65.0 Å². The number of hydrogen-bond donors (Lipinski definition) is 8. The van der Waals surface area contributed by atoms with E-state index in [1.165, 1.54) is 83.5 Å². The normalized spacial score (nSPS) is 18.4. The van der Waals surface area contributed by atoms with Crippen LogP contribution >= 0.6 is 0 Å². The van der Waals surface area contributed by atoms with Crippen LogP contribution in [0.4, 0.5) is 0 Å². The molecule has 0 unspecified atom stereocenters. The Morgan fingerprint density at radius 1 is 0.396 bits per heavy atom. The summed E-state index contributed by atoms with van der Waals surface area (Å²) >= 11 is 0. The highest BCUT2D eigenvalue weighted by Gasteiger charge is 2.42. The number of nitrogens with one attached hydrogen (secondary N) is 1. The van der Waals surface area contributed by atoms with Crippen molar-refractivity contribution in [3.05, 3.63) is 281 Å². The summed E-state index contributed by atoms with van der Waals surface area (Å²) in [4.78, 5) is 5.20. The largest absolute Gasteiger partial charge is 0.508 e. The van der Waals surface area contributed by atoms with Crippen LogP contribution in [-0.4, -0.2) is 86.5 Å². The Kier molecular flexibility index (Phi) is 20.2. The number of rotatable bonds is 11. The van der Waals surface area contributed by atoms with Gasteiger partial charge in [0.2, 0.25) is 0 Å². The highest BCUT2D eigenvalue weighted by molar-refractivity contribution is 5.56. The van der Waals surface area contributed by atoms with Crippen LogP contribution in [0.25, 0.3) is 0 Å². The Morgan fingerprint density at radius 3 is 1.26 bits per heavy atom. The van der Waals surface area contributed by atoms with Crippen LogP contribution in [0, 0.1) is 20.8 Å². The minimum atomic E-state index is -0.152. The van der Waals surface area contributed by atoms with Gasteiger partial charge in [0.05, 0.1) is 59.8 Å². The Hall–Kier alpha value is -8.50. The fourth-order valence-electron chi connectivity index (χ4n) is 14.4. The second-order valence-electron chi connectivity index (χ2n) is 24.5. The molecule has 0 spiro atoms. The van der Waals surface area contributed by atoms with Crippen LogP contribution in [0.15, 0.2) is 170 Å². The van der Waals surface area contributed by atoms with Crippen molar-refractivity contribution in [2.45, 2.75) is 116 Å². The van der Waals surface area contributed by atoms with E-state index < -0.39 is 0 Å². The zero-order valence-corrected chi connectivity index (χ0v) is 53.0. The van der Waals surface area contributed by atoms with E-state index in [0.717, 1.165) is 86.2 Å². The van der Waals surface area contributed by atoms with Crippen molar-refractivity contribution >= 4 is 0 Å². The van der Waals surface area contributed by atoms with Crippen LogP contribution in [0.5, 0.6) is 34.5 Å². The van der Waals surface area contributed by atoms with Gasteiger partial charge in [0.1, 0.15) is 11.5 Å². The lowest BCUT2D eigenvalue weighted by Gasteiger charge is -2.47. The minimum absolute atomic E-state index is 0.0713. The number of fused-ring (bicyclic) bond motifs is 9. The number of aliphatic hydroxyl groups is 4. The van der Waals surface area contributed by atoms with Gasteiger partial charge in [-0.25, -0.2) is 0 Å². The number of phenols is 3. The number of nitrogens with zero attached hydrogens (tertiary/aromatic N) is 2. The highest BCUT2D eigenvalue weighted by atomic mass is 16.5. The first-order valence-corrected chi connectivity index (χ1v) is 31.6. The van der Waals surface area contributed by atoms with Gasteiger partial charge >= 0.3 is 0 Å². The molecule has 13 nitrogen and oxygen atoms in total. The van der Waals surface area contributed by atoms with Crippen LogP contribution in [0.2, 0.25) is 0 Å². The highest BCUT2D eigenvalue weighted by Crippen LogP contribution is 2.51. The Morgan fingerprint density at radius 2 is 0.835 bits per heavy atom. The molecule has 5 atom stereocenters. The maximum atomic E-state index is 10.5. The second-order valence-corrected chi connectivity index (χ2v) is 24.5. The van der Waals surface area contributed by atoms with E-state index in [0.29, 0.717) is 17.1 Å². The molecule has 13 heteroatoms. The van der Waals surface area contributed by atoms with E-state index in [1.807, 2.05) is 79.7 Å². The zero-order chi connectivity index (χ0) is 63.9. The average molecular weight is 1220 g/mol. The SMILES string of the molecule is COc1cc2c(cc1O)C[C@H]1c3ccc(CO)cc3CCN1[C@@H]2c1ccccc1C.COc1cc2c(cc1O)C[C@H]1c3ccc(CO)cc3CCN1[C@H]2c1ccccc1C.COc1ccccc1C.OCc1ccc2c(c1)CCN[C@H]2Cc1ccc(CO)c(O)c1. The van der Waals surface area contributed by atoms with E-state index in [-0.39, 0.29) is 73.9 Å². The number of aromatic hydroxyl groups is 3. The summed E-state index contributed by atoms with van der Waals surface area (Å²) in [5.41, 5.74) is 23.4. The van der Waals surface area contributed by atoms with Crippen molar-refractivity contribution in [3.63, 3.8) is 0 Å². The Labute approximate surface area is 535 Å². The number of aliphatic hydroxyl groups excluding tert-OH is 4. The molecule has 9 aromatic carbocycles. The van der Waals surface area contributed by atoms with E-state index in [2.05, 4.69) is 114 Å². The van der Waals surface area contributed by atoms with Gasteiger partial charge in [-0.15, -0.1) is 0 Å². The number of phenolic OH excluding ortho intramolecular Hbond substituents is 2. The van der Waals surface area contributed by atoms with Gasteiger partial charge in [-0.05, 0) is 208 Å². The molecular formula is C78H85N3O10. The number of para-hydroxylation sites is 1. The Bertz CT molecular complexity index is 3860. The van der Waals surface area contributed by atoms with Crippen molar-refractivity contribution in [2.24, 2.45) is 0 Å². The molecule has 0 radical (unpaired) electrons. The molecule has 9 aromatic rings. The summed E-state index contributed by atoms with van der Waals surface area (Å²) in [6.45, 7) is 9.24. The van der Waals surface area contributed by atoms with Crippen molar-refractivity contribution in [2.75, 3.05) is 41.0 Å². The van der Waals surface area contributed by atoms with E-state index in [1.54, 1.807) is 33.5 Å². The maximum Gasteiger partial charge on any atom is 0.160 e. The third-order valence-electron chi connectivity index (χ3n) is 19.1. The fraction of sp³-hybridized carbons (Fsp3) is 0.308. The van der Waals surface area contributed by atoms with Crippen molar-refractivity contribution in [1.82, 2.24) is 15.1 Å². The van der Waals surface area contributed by atoms with Gasteiger partial charge in [0, 0.05) is 36.8 Å². The first-order chi connectivity index (χ1) is 44.3. The number of benzene rings is 9. The van der Waals surface area contributed by atoms with Gasteiger partial charge in [-0.2, -0.15) is 0 Å². The van der Waals surface area contributed by atoms with Crippen molar-refractivity contribution in [3.8, 4) is 34.5 Å². The molecular weight excluding hydrogens is 1140 g/mol. The summed E-state index contributed by atoms with van der Waals surface area (Å²) in [5, 5.41) is 71.8. The van der Waals surface area contributed by atoms with Gasteiger partial charge in [0.25, 0.3) is 0 Å². The molecule has 14 rings (SSSR count). The molecule has 0 saturated carbocycles. The summed E-state index contributed by atoms with van der Waals surface area (Å²) in [7, 11) is 4.89. The smallest absolute Gasteiger partial charge is 0.160 e. The van der Waals surface area contributed by atoms with E-state index in [9.17, 15) is 30.6 Å². The quantitative estimate of drug-likeness (QED) is 0.0612. The van der Waals surface area contributed by atoms with E-state index >= 15 is 0 Å². The Balaban J connectivity index is 0.000000132. The van der Waals surface area contributed by atoms with Gasteiger partial charge in [-0.3, -0.25) is 9.80 Å². The third-order valence-corrected chi connectivity index (χ3v) is 19.1. The molecule has 5 aliphatic heterocycles. The number of ether oxygens (including phenoxy) is 3. The number of aryl methyl sites for hydroxylation is 3. The monoisotopic (exact) mass is 1220 g/mol. The lowest BCUT2D eigenvalue weighted by atomic mass is 9.78.